The Labute approximate surface area is 79.4 Å². The summed E-state index contributed by atoms with van der Waals surface area (Å²) in [4.78, 5) is 10.7. The van der Waals surface area contributed by atoms with Gasteiger partial charge in [0.1, 0.15) is 0 Å². The van der Waals surface area contributed by atoms with Crippen LogP contribution in [0.25, 0.3) is 0 Å². The maximum atomic E-state index is 10.7. The first-order chi connectivity index (χ1) is 5.99. The van der Waals surface area contributed by atoms with E-state index < -0.39 is 6.10 Å². The monoisotopic (exact) mass is 186 g/mol. The van der Waals surface area contributed by atoms with E-state index in [-0.39, 0.29) is 17.8 Å². The lowest BCUT2D eigenvalue weighted by Gasteiger charge is -2.18. The van der Waals surface area contributed by atoms with Gasteiger partial charge in [0, 0.05) is 12.0 Å². The molecule has 0 saturated carbocycles. The molecular weight excluding hydrogens is 168 g/mol. The van der Waals surface area contributed by atoms with Gasteiger partial charge in [-0.3, -0.25) is 0 Å². The third-order valence-electron chi connectivity index (χ3n) is 1.96. The molecule has 13 heavy (non-hydrogen) atoms. The topological polar surface area (TPSA) is 46.5 Å². The van der Waals surface area contributed by atoms with E-state index >= 15 is 0 Å². The van der Waals surface area contributed by atoms with Crippen molar-refractivity contribution in [3.05, 3.63) is 12.2 Å². The Morgan fingerprint density at radius 3 is 2.31 bits per heavy atom. The number of rotatable bonds is 4. The van der Waals surface area contributed by atoms with Crippen LogP contribution >= 0.6 is 0 Å². The highest BCUT2D eigenvalue weighted by Gasteiger charge is 2.15. The van der Waals surface area contributed by atoms with Gasteiger partial charge in [-0.1, -0.05) is 26.8 Å². The lowest BCUT2D eigenvalue weighted by molar-refractivity contribution is -0.134. The second-order valence-corrected chi connectivity index (χ2v) is 3.48. The van der Waals surface area contributed by atoms with Crippen LogP contribution in [-0.4, -0.2) is 24.3 Å². The maximum Gasteiger partial charge on any atom is 0.330 e. The molecule has 76 valence electrons. The molecule has 0 heterocycles. The fourth-order valence-electron chi connectivity index (χ4n) is 1.02. The van der Waals surface area contributed by atoms with E-state index in [9.17, 15) is 9.90 Å². The molecule has 0 saturated heterocycles. The Morgan fingerprint density at radius 2 is 1.92 bits per heavy atom. The van der Waals surface area contributed by atoms with Gasteiger partial charge in [0.25, 0.3) is 0 Å². The molecule has 0 aromatic carbocycles. The number of ether oxygens (including phenoxy) is 1. The first-order valence-corrected chi connectivity index (χ1v) is 4.43. The van der Waals surface area contributed by atoms with Crippen molar-refractivity contribution in [3.8, 4) is 0 Å². The summed E-state index contributed by atoms with van der Waals surface area (Å²) in [6.07, 6.45) is 2.59. The highest BCUT2D eigenvalue weighted by atomic mass is 16.5. The van der Waals surface area contributed by atoms with Gasteiger partial charge in [-0.15, -0.1) is 0 Å². The SMILES string of the molecule is COC(=O)/C=C/[C@H](C)[C@@H](O)C(C)C. The molecule has 0 aromatic rings. The predicted molar refractivity (Wildman–Crippen MR) is 51.2 cm³/mol. The van der Waals surface area contributed by atoms with Crippen LogP contribution in [0.1, 0.15) is 20.8 Å². The van der Waals surface area contributed by atoms with Crippen LogP contribution in [0.5, 0.6) is 0 Å². The molecule has 0 aliphatic rings. The van der Waals surface area contributed by atoms with Crippen molar-refractivity contribution in [1.82, 2.24) is 0 Å². The standard InChI is InChI=1S/C10H18O3/c1-7(2)10(12)8(3)5-6-9(11)13-4/h5-8,10,12H,1-4H3/b6-5+/t8-,10-/m0/s1. The molecule has 0 fully saturated rings. The summed E-state index contributed by atoms with van der Waals surface area (Å²) in [6, 6.07) is 0. The van der Waals surface area contributed by atoms with Crippen LogP contribution < -0.4 is 0 Å². The van der Waals surface area contributed by atoms with Crippen molar-refractivity contribution in [1.29, 1.82) is 0 Å². The Morgan fingerprint density at radius 1 is 1.38 bits per heavy atom. The van der Waals surface area contributed by atoms with Gasteiger partial charge < -0.3 is 9.84 Å². The van der Waals surface area contributed by atoms with E-state index in [0.717, 1.165) is 0 Å². The number of hydrogen-bond donors (Lipinski definition) is 1. The lowest BCUT2D eigenvalue weighted by atomic mass is 9.95. The predicted octanol–water partition coefficient (Wildman–Crippen LogP) is 1.37. The van der Waals surface area contributed by atoms with Crippen LogP contribution in [0, 0.1) is 11.8 Å². The molecule has 0 bridgehead atoms. The van der Waals surface area contributed by atoms with Gasteiger partial charge in [-0.2, -0.15) is 0 Å². The second-order valence-electron chi connectivity index (χ2n) is 3.48. The van der Waals surface area contributed by atoms with E-state index in [1.807, 2.05) is 20.8 Å². The van der Waals surface area contributed by atoms with Gasteiger partial charge in [0.2, 0.25) is 0 Å². The summed E-state index contributed by atoms with van der Waals surface area (Å²) >= 11 is 0. The average Bonchev–Trinajstić information content (AvgIpc) is 2.11. The Hall–Kier alpha value is -0.830. The van der Waals surface area contributed by atoms with E-state index in [4.69, 9.17) is 0 Å². The minimum Gasteiger partial charge on any atom is -0.466 e. The Kier molecular flexibility index (Phi) is 5.39. The molecule has 2 atom stereocenters. The van der Waals surface area contributed by atoms with Gasteiger partial charge in [-0.25, -0.2) is 4.79 Å². The van der Waals surface area contributed by atoms with Gasteiger partial charge in [-0.05, 0) is 5.92 Å². The van der Waals surface area contributed by atoms with E-state index in [2.05, 4.69) is 4.74 Å². The van der Waals surface area contributed by atoms with E-state index in [1.165, 1.54) is 13.2 Å². The van der Waals surface area contributed by atoms with Crippen molar-refractivity contribution in [2.75, 3.05) is 7.11 Å². The summed E-state index contributed by atoms with van der Waals surface area (Å²) < 4.78 is 4.43. The van der Waals surface area contributed by atoms with E-state index in [1.54, 1.807) is 6.08 Å². The zero-order chi connectivity index (χ0) is 10.4. The van der Waals surface area contributed by atoms with Gasteiger partial charge >= 0.3 is 5.97 Å². The largest absolute Gasteiger partial charge is 0.466 e. The quantitative estimate of drug-likeness (QED) is 0.533. The first kappa shape index (κ1) is 12.2. The maximum absolute atomic E-state index is 10.7. The normalized spacial score (nSPS) is 16.2. The van der Waals surface area contributed by atoms with Crippen LogP contribution in [0.15, 0.2) is 12.2 Å². The summed E-state index contributed by atoms with van der Waals surface area (Å²) in [5.41, 5.74) is 0. The third-order valence-corrected chi connectivity index (χ3v) is 1.96. The number of carbonyl (C=O) groups excluding carboxylic acids is 1. The number of methoxy groups -OCH3 is 1. The zero-order valence-corrected chi connectivity index (χ0v) is 8.65. The molecule has 0 amide bonds. The molecule has 3 heteroatoms. The fourth-order valence-corrected chi connectivity index (χ4v) is 1.02. The number of aliphatic hydroxyl groups is 1. The summed E-state index contributed by atoms with van der Waals surface area (Å²) in [6.45, 7) is 5.74. The molecule has 0 radical (unpaired) electrons. The summed E-state index contributed by atoms with van der Waals surface area (Å²) in [5, 5.41) is 9.58. The first-order valence-electron chi connectivity index (χ1n) is 4.43. The van der Waals surface area contributed by atoms with Crippen molar-refractivity contribution in [3.63, 3.8) is 0 Å². The molecule has 0 unspecified atom stereocenters. The second kappa shape index (κ2) is 5.75. The minimum atomic E-state index is -0.416. The average molecular weight is 186 g/mol. The van der Waals surface area contributed by atoms with Crippen molar-refractivity contribution >= 4 is 5.97 Å². The molecule has 0 spiro atoms. The Balaban J connectivity index is 4.06. The van der Waals surface area contributed by atoms with Crippen LogP contribution in [-0.2, 0) is 9.53 Å². The lowest BCUT2D eigenvalue weighted by Crippen LogP contribution is -2.22. The molecule has 0 aromatic heterocycles. The molecular formula is C10H18O3. The molecule has 0 aliphatic carbocycles. The summed E-state index contributed by atoms with van der Waals surface area (Å²) in [5.74, 6) is -0.223. The molecule has 0 aliphatic heterocycles. The minimum absolute atomic E-state index is 0.0286. The van der Waals surface area contributed by atoms with Crippen molar-refractivity contribution < 1.29 is 14.6 Å². The fraction of sp³-hybridized carbons (Fsp3) is 0.700. The number of esters is 1. The van der Waals surface area contributed by atoms with Crippen LogP contribution in [0.4, 0.5) is 0 Å². The van der Waals surface area contributed by atoms with Crippen LogP contribution in [0.2, 0.25) is 0 Å². The van der Waals surface area contributed by atoms with Crippen molar-refractivity contribution in [2.24, 2.45) is 11.8 Å². The molecule has 3 nitrogen and oxygen atoms in total. The zero-order valence-electron chi connectivity index (χ0n) is 8.65. The highest BCUT2D eigenvalue weighted by Crippen LogP contribution is 2.13. The summed E-state index contributed by atoms with van der Waals surface area (Å²) in [7, 11) is 1.33. The molecule has 0 rings (SSSR count). The smallest absolute Gasteiger partial charge is 0.330 e. The number of hydrogen-bond acceptors (Lipinski definition) is 3. The highest BCUT2D eigenvalue weighted by molar-refractivity contribution is 5.81. The Bertz CT molecular complexity index is 185. The number of aliphatic hydroxyl groups excluding tert-OH is 1. The van der Waals surface area contributed by atoms with E-state index in [0.29, 0.717) is 0 Å². The number of carbonyl (C=O) groups is 1. The van der Waals surface area contributed by atoms with Gasteiger partial charge in [0.15, 0.2) is 0 Å². The van der Waals surface area contributed by atoms with Gasteiger partial charge in [0.05, 0.1) is 13.2 Å². The van der Waals surface area contributed by atoms with Crippen molar-refractivity contribution in [2.45, 2.75) is 26.9 Å². The third kappa shape index (κ3) is 4.68. The molecule has 1 N–H and O–H groups in total. The van der Waals surface area contributed by atoms with Crippen LogP contribution in [0.3, 0.4) is 0 Å².